The molecule has 0 radical (unpaired) electrons. The predicted molar refractivity (Wildman–Crippen MR) is 108 cm³/mol. The molecule has 0 aromatic rings. The van der Waals surface area contributed by atoms with E-state index in [2.05, 4.69) is 0 Å². The van der Waals surface area contributed by atoms with Gasteiger partial charge in [0, 0.05) is 16.7 Å². The van der Waals surface area contributed by atoms with Gasteiger partial charge in [0.2, 0.25) is 0 Å². The van der Waals surface area contributed by atoms with Crippen LogP contribution in [0.4, 0.5) is 0 Å². The maximum absolute atomic E-state index is 12.3. The summed E-state index contributed by atoms with van der Waals surface area (Å²) in [6.45, 7) is 6.74. The van der Waals surface area contributed by atoms with Crippen LogP contribution in [0.15, 0.2) is 34.4 Å². The lowest BCUT2D eigenvalue weighted by molar-refractivity contribution is -0.140. The zero-order valence-electron chi connectivity index (χ0n) is 17.7. The Morgan fingerprint density at radius 3 is 2.04 bits per heavy atom. The van der Waals surface area contributed by atoms with Crippen molar-refractivity contribution in [3.63, 3.8) is 0 Å². The highest BCUT2D eigenvalue weighted by atomic mass is 16.5. The van der Waals surface area contributed by atoms with E-state index in [1.54, 1.807) is 45.0 Å². The number of carboxylic acids is 2. The minimum atomic E-state index is -1.00. The third-order valence-electron chi connectivity index (χ3n) is 4.57. The molecule has 7 nitrogen and oxygen atoms in total. The molecule has 0 aliphatic rings. The fourth-order valence-electron chi connectivity index (χ4n) is 2.28. The summed E-state index contributed by atoms with van der Waals surface area (Å²) in [5.41, 5.74) is 2.02. The molecule has 0 aromatic carbocycles. The number of esters is 1. The number of ether oxygens (including phenoxy) is 1. The molecule has 0 heterocycles. The minimum absolute atomic E-state index is 0.0698. The summed E-state index contributed by atoms with van der Waals surface area (Å²) >= 11 is 0. The first kappa shape index (κ1) is 25.6. The third kappa shape index (κ3) is 10.1. The van der Waals surface area contributed by atoms with Crippen molar-refractivity contribution in [2.75, 3.05) is 20.7 Å². The number of allylic oxidation sites excluding steroid dienone is 2. The van der Waals surface area contributed by atoms with Crippen molar-refractivity contribution in [3.05, 3.63) is 34.4 Å². The lowest BCUT2D eigenvalue weighted by Crippen LogP contribution is -2.32. The number of nitrogens with zero attached hydrogens (tertiary/aromatic N) is 1. The van der Waals surface area contributed by atoms with E-state index in [-0.39, 0.29) is 18.2 Å². The van der Waals surface area contributed by atoms with E-state index < -0.39 is 17.9 Å². The van der Waals surface area contributed by atoms with Crippen molar-refractivity contribution in [1.82, 2.24) is 4.90 Å². The van der Waals surface area contributed by atoms with Crippen LogP contribution in [0.3, 0.4) is 0 Å². The molecule has 7 heteroatoms. The van der Waals surface area contributed by atoms with Crippen molar-refractivity contribution in [3.8, 4) is 0 Å². The van der Waals surface area contributed by atoms with Crippen molar-refractivity contribution in [1.29, 1.82) is 0 Å². The van der Waals surface area contributed by atoms with Gasteiger partial charge in [-0.3, -0.25) is 4.90 Å². The number of rotatable bonds is 12. The molecule has 1 unspecified atom stereocenters. The lowest BCUT2D eigenvalue weighted by Gasteiger charge is -2.21. The Balaban J connectivity index is 4.64. The summed E-state index contributed by atoms with van der Waals surface area (Å²) in [7, 11) is 3.58. The Bertz CT molecular complexity index is 658. The molecular formula is C21H33NO6. The molecule has 0 saturated carbocycles. The summed E-state index contributed by atoms with van der Waals surface area (Å²) in [6, 6.07) is -0.322. The molecule has 0 fully saturated rings. The first-order valence-corrected chi connectivity index (χ1v) is 9.29. The Hall–Kier alpha value is -2.41. The van der Waals surface area contributed by atoms with E-state index in [9.17, 15) is 14.4 Å². The first-order chi connectivity index (χ1) is 13.0. The van der Waals surface area contributed by atoms with Crippen molar-refractivity contribution >= 4 is 17.9 Å². The Morgan fingerprint density at radius 2 is 1.54 bits per heavy atom. The van der Waals surface area contributed by atoms with Gasteiger partial charge in [-0.25, -0.2) is 14.4 Å². The summed E-state index contributed by atoms with van der Waals surface area (Å²) in [4.78, 5) is 35.8. The molecular weight excluding hydrogens is 362 g/mol. The van der Waals surface area contributed by atoms with E-state index in [1.807, 2.05) is 6.92 Å². The number of aliphatic carboxylic acids is 2. The Kier molecular flexibility index (Phi) is 11.8. The molecule has 0 bridgehead atoms. The smallest absolute Gasteiger partial charge is 0.333 e. The second-order valence-electron chi connectivity index (χ2n) is 7.13. The number of carboxylic acid groups (broad SMARTS) is 2. The maximum atomic E-state index is 12.3. The summed E-state index contributed by atoms with van der Waals surface area (Å²) < 4.78 is 5.36. The highest BCUT2D eigenvalue weighted by Gasteiger charge is 2.16. The van der Waals surface area contributed by atoms with Gasteiger partial charge in [0.1, 0.15) is 6.61 Å². The SMILES string of the molecule is CC(=CCCCCC(C)=C(C)C(=O)OCC(C=C(C)C(=O)O)N(C)C)C(=O)O. The van der Waals surface area contributed by atoms with Crippen LogP contribution in [-0.2, 0) is 19.1 Å². The second kappa shape index (κ2) is 12.9. The van der Waals surface area contributed by atoms with Crippen LogP contribution in [0.5, 0.6) is 0 Å². The van der Waals surface area contributed by atoms with Gasteiger partial charge in [0.15, 0.2) is 0 Å². The van der Waals surface area contributed by atoms with Gasteiger partial charge in [0.25, 0.3) is 0 Å². The number of hydrogen-bond acceptors (Lipinski definition) is 5. The number of carbonyl (C=O) groups excluding carboxylic acids is 1. The molecule has 158 valence electrons. The largest absolute Gasteiger partial charge is 0.478 e. The molecule has 0 rings (SSSR count). The molecule has 0 saturated heterocycles. The van der Waals surface area contributed by atoms with E-state index in [0.29, 0.717) is 17.6 Å². The zero-order chi connectivity index (χ0) is 21.9. The van der Waals surface area contributed by atoms with E-state index in [0.717, 1.165) is 24.8 Å². The highest BCUT2D eigenvalue weighted by Crippen LogP contribution is 2.15. The van der Waals surface area contributed by atoms with E-state index >= 15 is 0 Å². The van der Waals surface area contributed by atoms with Crippen LogP contribution in [0.1, 0.15) is 53.4 Å². The standard InChI is InChI=1S/C21H33NO6/c1-14(10-8-7-9-11-15(2)19(23)24)17(4)21(27)28-13-18(22(5)6)12-16(3)20(25)26/h11-12,18H,7-10,13H2,1-6H3,(H,23,24)(H,25,26). The normalized spacial score (nSPS) is 14.5. The average molecular weight is 395 g/mol. The van der Waals surface area contributed by atoms with E-state index in [1.165, 1.54) is 6.92 Å². The maximum Gasteiger partial charge on any atom is 0.333 e. The zero-order valence-corrected chi connectivity index (χ0v) is 17.7. The number of unbranched alkanes of at least 4 members (excludes halogenated alkanes) is 2. The van der Waals surface area contributed by atoms with Gasteiger partial charge in [-0.05, 0) is 67.5 Å². The number of hydrogen-bond donors (Lipinski definition) is 2. The second-order valence-corrected chi connectivity index (χ2v) is 7.13. The summed E-state index contributed by atoms with van der Waals surface area (Å²) in [5, 5.41) is 17.8. The topological polar surface area (TPSA) is 104 Å². The lowest BCUT2D eigenvalue weighted by atomic mass is 10.0. The average Bonchev–Trinajstić information content (AvgIpc) is 2.62. The Morgan fingerprint density at radius 1 is 0.964 bits per heavy atom. The predicted octanol–water partition coefficient (Wildman–Crippen LogP) is 3.42. The van der Waals surface area contributed by atoms with E-state index in [4.69, 9.17) is 14.9 Å². The summed E-state index contributed by atoms with van der Waals surface area (Å²) in [6.07, 6.45) is 6.38. The van der Waals surface area contributed by atoms with Gasteiger partial charge in [0.05, 0.1) is 6.04 Å². The number of carbonyl (C=O) groups is 3. The van der Waals surface area contributed by atoms with Crippen LogP contribution in [-0.4, -0.2) is 59.8 Å². The molecule has 0 aromatic heterocycles. The summed E-state index contributed by atoms with van der Waals surface area (Å²) in [5.74, 6) is -2.31. The highest BCUT2D eigenvalue weighted by molar-refractivity contribution is 5.88. The third-order valence-corrected chi connectivity index (χ3v) is 4.57. The molecule has 0 aliphatic carbocycles. The van der Waals surface area contributed by atoms with Crippen molar-refractivity contribution < 1.29 is 29.3 Å². The fourth-order valence-corrected chi connectivity index (χ4v) is 2.28. The monoisotopic (exact) mass is 395 g/mol. The van der Waals surface area contributed by atoms with Crippen LogP contribution < -0.4 is 0 Å². The molecule has 2 N–H and O–H groups in total. The first-order valence-electron chi connectivity index (χ1n) is 9.29. The van der Waals surface area contributed by atoms with Crippen molar-refractivity contribution in [2.24, 2.45) is 0 Å². The number of likely N-dealkylation sites (N-methyl/N-ethyl adjacent to an activating group) is 1. The van der Waals surface area contributed by atoms with Gasteiger partial charge in [-0.2, -0.15) is 0 Å². The molecule has 0 aliphatic heterocycles. The Labute approximate surface area is 167 Å². The molecule has 0 spiro atoms. The molecule has 28 heavy (non-hydrogen) atoms. The van der Waals surface area contributed by atoms with Gasteiger partial charge in [-0.15, -0.1) is 0 Å². The minimum Gasteiger partial charge on any atom is -0.478 e. The van der Waals surface area contributed by atoms with Crippen LogP contribution in [0.25, 0.3) is 0 Å². The molecule has 0 amide bonds. The van der Waals surface area contributed by atoms with Gasteiger partial charge in [-0.1, -0.05) is 17.7 Å². The van der Waals surface area contributed by atoms with Crippen LogP contribution in [0, 0.1) is 0 Å². The van der Waals surface area contributed by atoms with Crippen molar-refractivity contribution in [2.45, 2.75) is 59.4 Å². The van der Waals surface area contributed by atoms with Gasteiger partial charge < -0.3 is 14.9 Å². The quantitative estimate of drug-likeness (QED) is 0.296. The van der Waals surface area contributed by atoms with Gasteiger partial charge >= 0.3 is 17.9 Å². The van der Waals surface area contributed by atoms with Crippen LogP contribution >= 0.6 is 0 Å². The molecule has 1 atom stereocenters. The fraction of sp³-hybridized carbons (Fsp3) is 0.571. The van der Waals surface area contributed by atoms with Crippen LogP contribution in [0.2, 0.25) is 0 Å².